The van der Waals surface area contributed by atoms with Crippen LogP contribution in [0.2, 0.25) is 0 Å². The summed E-state index contributed by atoms with van der Waals surface area (Å²) in [5.74, 6) is 0.601. The molecule has 0 spiro atoms. The van der Waals surface area contributed by atoms with E-state index in [1.807, 2.05) is 53.7 Å². The molecule has 9 nitrogen and oxygen atoms in total. The summed E-state index contributed by atoms with van der Waals surface area (Å²) in [6, 6.07) is 3.91. The first-order valence-electron chi connectivity index (χ1n) is 10.4. The maximum Gasteiger partial charge on any atom is 0.411 e. The number of benzene rings is 1. The normalized spacial score (nSPS) is 15.4. The van der Waals surface area contributed by atoms with E-state index >= 15 is 0 Å². The quantitative estimate of drug-likeness (QED) is 0.581. The largest absolute Gasteiger partial charge is 0.449 e. The number of fused-ring (bicyclic) bond motifs is 2. The van der Waals surface area contributed by atoms with Gasteiger partial charge in [-0.3, -0.25) is 15.2 Å². The highest BCUT2D eigenvalue weighted by molar-refractivity contribution is 6.09. The van der Waals surface area contributed by atoms with Crippen LogP contribution < -0.4 is 10.2 Å². The van der Waals surface area contributed by atoms with Gasteiger partial charge in [-0.25, -0.2) is 9.78 Å². The number of aromatic nitrogens is 4. The summed E-state index contributed by atoms with van der Waals surface area (Å²) < 4.78 is 5.28. The number of nitrogens with zero attached hydrogens (tertiary/aromatic N) is 3. The van der Waals surface area contributed by atoms with Crippen molar-refractivity contribution < 1.29 is 14.3 Å². The van der Waals surface area contributed by atoms with Gasteiger partial charge in [0.2, 0.25) is 5.91 Å². The van der Waals surface area contributed by atoms with Gasteiger partial charge in [0.05, 0.1) is 34.4 Å². The molecule has 164 valence electrons. The Hall–Kier alpha value is -3.36. The minimum atomic E-state index is -0.597. The zero-order valence-corrected chi connectivity index (χ0v) is 18.7. The molecule has 1 aromatic carbocycles. The molecule has 3 heterocycles. The third-order valence-electron chi connectivity index (χ3n) is 5.40. The molecule has 1 aliphatic heterocycles. The number of carbonyl (C=O) groups excluding carboxylic acids is 2. The second-order valence-electron chi connectivity index (χ2n) is 9.56. The van der Waals surface area contributed by atoms with Crippen LogP contribution in [0.3, 0.4) is 0 Å². The lowest BCUT2D eigenvalue weighted by Crippen LogP contribution is -2.35. The van der Waals surface area contributed by atoms with Gasteiger partial charge < -0.3 is 14.6 Å². The number of anilines is 2. The molecular formula is C22H28N6O3. The minimum Gasteiger partial charge on any atom is -0.449 e. The molecule has 0 unspecified atom stereocenters. The van der Waals surface area contributed by atoms with E-state index in [4.69, 9.17) is 4.74 Å². The Labute approximate surface area is 180 Å². The zero-order valence-electron chi connectivity index (χ0n) is 18.7. The maximum absolute atomic E-state index is 12.8. The van der Waals surface area contributed by atoms with Crippen LogP contribution in [0.15, 0.2) is 18.3 Å². The van der Waals surface area contributed by atoms with Crippen LogP contribution in [0.25, 0.3) is 22.6 Å². The summed E-state index contributed by atoms with van der Waals surface area (Å²) in [5, 5.41) is 9.73. The molecule has 2 aromatic heterocycles. The van der Waals surface area contributed by atoms with Gasteiger partial charge in [0.1, 0.15) is 0 Å². The molecule has 3 aromatic rings. The summed E-state index contributed by atoms with van der Waals surface area (Å²) in [4.78, 5) is 34.7. The third kappa shape index (κ3) is 3.64. The van der Waals surface area contributed by atoms with Crippen molar-refractivity contribution in [3.63, 3.8) is 0 Å². The molecule has 0 saturated carbocycles. The Balaban J connectivity index is 1.65. The lowest BCUT2D eigenvalue weighted by molar-refractivity contribution is -0.122. The zero-order chi connectivity index (χ0) is 22.6. The van der Waals surface area contributed by atoms with Gasteiger partial charge in [0.15, 0.2) is 11.5 Å². The molecule has 1 aliphatic rings. The number of nitrogens with one attached hydrogen (secondary N) is 3. The Morgan fingerprint density at radius 1 is 1.29 bits per heavy atom. The van der Waals surface area contributed by atoms with E-state index in [9.17, 15) is 9.59 Å². The summed E-state index contributed by atoms with van der Waals surface area (Å²) in [6.45, 7) is 12.7. The first-order chi connectivity index (χ1) is 14.5. The number of aromatic amines is 2. The monoisotopic (exact) mass is 424 g/mol. The summed E-state index contributed by atoms with van der Waals surface area (Å²) >= 11 is 0. The standard InChI is InChI=1S/C22H28N6O3/c1-7-28-16-9-14-13(8-12(16)22(5,6)19(28)29)24-18(25-14)17-15(10-23-27-17)26-20(30)31-11-21(2,3)4/h8-10H,7,11H2,1-6H3,(H,23,27)(H,24,25)(H,26,30). The minimum absolute atomic E-state index is 0.0884. The van der Waals surface area contributed by atoms with Gasteiger partial charge in [-0.1, -0.05) is 20.8 Å². The first-order valence-corrected chi connectivity index (χ1v) is 10.4. The summed E-state index contributed by atoms with van der Waals surface area (Å²) in [5.41, 5.74) is 3.60. The number of carbonyl (C=O) groups is 2. The van der Waals surface area contributed by atoms with Crippen LogP contribution in [-0.4, -0.2) is 45.3 Å². The van der Waals surface area contributed by atoms with Crippen molar-refractivity contribution in [2.75, 3.05) is 23.4 Å². The number of ether oxygens (including phenoxy) is 1. The van der Waals surface area contributed by atoms with Crippen LogP contribution in [0.4, 0.5) is 16.2 Å². The molecule has 31 heavy (non-hydrogen) atoms. The topological polar surface area (TPSA) is 116 Å². The van der Waals surface area contributed by atoms with E-state index in [2.05, 4.69) is 25.5 Å². The van der Waals surface area contributed by atoms with E-state index in [0.717, 1.165) is 22.3 Å². The molecule has 3 N–H and O–H groups in total. The van der Waals surface area contributed by atoms with Gasteiger partial charge in [-0.2, -0.15) is 5.10 Å². The summed E-state index contributed by atoms with van der Waals surface area (Å²) in [6.07, 6.45) is 1.04. The third-order valence-corrected chi connectivity index (χ3v) is 5.40. The van der Waals surface area contributed by atoms with Crippen molar-refractivity contribution in [2.45, 2.75) is 47.0 Å². The fourth-order valence-corrected chi connectivity index (χ4v) is 3.75. The van der Waals surface area contributed by atoms with E-state index in [0.29, 0.717) is 30.4 Å². The van der Waals surface area contributed by atoms with Crippen LogP contribution in [-0.2, 0) is 14.9 Å². The Morgan fingerprint density at radius 2 is 2.03 bits per heavy atom. The molecule has 0 saturated heterocycles. The van der Waals surface area contributed by atoms with Crippen molar-refractivity contribution in [1.29, 1.82) is 0 Å². The van der Waals surface area contributed by atoms with E-state index in [1.165, 1.54) is 0 Å². The highest BCUT2D eigenvalue weighted by Crippen LogP contribution is 2.43. The molecule has 0 bridgehead atoms. The first kappa shape index (κ1) is 20.9. The lowest BCUT2D eigenvalue weighted by atomic mass is 9.86. The SMILES string of the molecule is CCN1C(=O)C(C)(C)c2cc3[nH]c(-c4n[nH]cc4NC(=O)OCC(C)(C)C)nc3cc21. The number of H-pyrrole nitrogens is 2. The smallest absolute Gasteiger partial charge is 0.411 e. The van der Waals surface area contributed by atoms with Crippen LogP contribution >= 0.6 is 0 Å². The molecule has 2 amide bonds. The molecule has 9 heteroatoms. The highest BCUT2D eigenvalue weighted by atomic mass is 16.5. The average molecular weight is 425 g/mol. The Morgan fingerprint density at radius 3 is 2.71 bits per heavy atom. The van der Waals surface area contributed by atoms with Crippen molar-refractivity contribution in [3.05, 3.63) is 23.9 Å². The molecule has 4 rings (SSSR count). The molecule has 0 aliphatic carbocycles. The molecular weight excluding hydrogens is 396 g/mol. The average Bonchev–Trinajstić information content (AvgIpc) is 3.35. The van der Waals surface area contributed by atoms with Crippen molar-refractivity contribution in [3.8, 4) is 11.5 Å². The van der Waals surface area contributed by atoms with Gasteiger partial charge >= 0.3 is 6.09 Å². The highest BCUT2D eigenvalue weighted by Gasteiger charge is 2.43. The lowest BCUT2D eigenvalue weighted by Gasteiger charge is -2.18. The van der Waals surface area contributed by atoms with Gasteiger partial charge in [0, 0.05) is 12.7 Å². The predicted molar refractivity (Wildman–Crippen MR) is 119 cm³/mol. The van der Waals surface area contributed by atoms with Gasteiger partial charge in [-0.05, 0) is 43.9 Å². The number of hydrogen-bond acceptors (Lipinski definition) is 5. The molecule has 0 radical (unpaired) electrons. The number of likely N-dealkylation sites (N-methyl/N-ethyl adjacent to an activating group) is 1. The van der Waals surface area contributed by atoms with E-state index < -0.39 is 11.5 Å². The van der Waals surface area contributed by atoms with Crippen molar-refractivity contribution in [1.82, 2.24) is 20.2 Å². The van der Waals surface area contributed by atoms with Crippen molar-refractivity contribution in [2.24, 2.45) is 5.41 Å². The fourth-order valence-electron chi connectivity index (χ4n) is 3.75. The predicted octanol–water partition coefficient (Wildman–Crippen LogP) is 4.19. The molecule has 0 atom stereocenters. The van der Waals surface area contributed by atoms with Gasteiger partial charge in [-0.15, -0.1) is 0 Å². The Kier molecular flexibility index (Phi) is 4.79. The second kappa shape index (κ2) is 7.11. The van der Waals surface area contributed by atoms with Crippen LogP contribution in [0.1, 0.15) is 47.1 Å². The Bertz CT molecular complexity index is 1170. The number of imidazole rings is 1. The summed E-state index contributed by atoms with van der Waals surface area (Å²) in [7, 11) is 0. The van der Waals surface area contributed by atoms with Crippen LogP contribution in [0.5, 0.6) is 0 Å². The van der Waals surface area contributed by atoms with Crippen LogP contribution in [0, 0.1) is 5.41 Å². The van der Waals surface area contributed by atoms with E-state index in [1.54, 1.807) is 11.1 Å². The number of rotatable bonds is 4. The molecule has 0 fully saturated rings. The fraction of sp³-hybridized carbons (Fsp3) is 0.455. The van der Waals surface area contributed by atoms with Gasteiger partial charge in [0.25, 0.3) is 0 Å². The van der Waals surface area contributed by atoms with E-state index in [-0.39, 0.29) is 11.3 Å². The number of amides is 2. The number of hydrogen-bond donors (Lipinski definition) is 3. The second-order valence-corrected chi connectivity index (χ2v) is 9.56. The maximum atomic E-state index is 12.8. The van der Waals surface area contributed by atoms with Crippen molar-refractivity contribution >= 4 is 34.4 Å².